The van der Waals surface area contributed by atoms with Crippen LogP contribution < -0.4 is 26.2 Å². The van der Waals surface area contributed by atoms with Crippen molar-refractivity contribution >= 4 is 40.2 Å². The van der Waals surface area contributed by atoms with Gasteiger partial charge in [0.2, 0.25) is 17.4 Å². The van der Waals surface area contributed by atoms with Crippen molar-refractivity contribution in [2.75, 3.05) is 64.1 Å². The van der Waals surface area contributed by atoms with Crippen molar-refractivity contribution in [1.82, 2.24) is 20.1 Å². The van der Waals surface area contributed by atoms with E-state index in [1.165, 1.54) is 6.07 Å². The van der Waals surface area contributed by atoms with Crippen molar-refractivity contribution < 1.29 is 29.0 Å². The number of ether oxygens (including phenoxy) is 2. The van der Waals surface area contributed by atoms with Crippen LogP contribution in [0.2, 0.25) is 0 Å². The number of benzene rings is 4. The Morgan fingerprint density at radius 1 is 0.864 bits per heavy atom. The lowest BCUT2D eigenvalue weighted by molar-refractivity contribution is -0.130. The molecule has 0 unspecified atom stereocenters. The second kappa shape index (κ2) is 21.0. The molecule has 0 bridgehead atoms. The maximum atomic E-state index is 12.9. The summed E-state index contributed by atoms with van der Waals surface area (Å²) in [5, 5.41) is 20.3. The average molecular weight is 803 g/mol. The van der Waals surface area contributed by atoms with Gasteiger partial charge in [0.05, 0.1) is 18.3 Å². The second-order valence-corrected chi connectivity index (χ2v) is 14.8. The van der Waals surface area contributed by atoms with Gasteiger partial charge in [-0.25, -0.2) is 4.79 Å². The van der Waals surface area contributed by atoms with Crippen LogP contribution in [0.4, 0.5) is 16.2 Å². The number of H-pyrrole nitrogens is 1. The van der Waals surface area contributed by atoms with E-state index in [1.54, 1.807) is 31.2 Å². The number of phenolic OH excluding ortho intramolecular Hbond substituents is 1. The van der Waals surface area contributed by atoms with E-state index in [4.69, 9.17) is 9.47 Å². The van der Waals surface area contributed by atoms with Crippen molar-refractivity contribution in [3.05, 3.63) is 119 Å². The summed E-state index contributed by atoms with van der Waals surface area (Å²) in [6, 6.07) is 29.8. The fourth-order valence-corrected chi connectivity index (χ4v) is 7.41. The van der Waals surface area contributed by atoms with Gasteiger partial charge in [0.1, 0.15) is 17.6 Å². The quantitative estimate of drug-likeness (QED) is 0.0617. The molecule has 1 aromatic heterocycles. The molecule has 310 valence electrons. The Labute approximate surface area is 344 Å². The number of aromatic nitrogens is 1. The summed E-state index contributed by atoms with van der Waals surface area (Å²) in [7, 11) is 3.39. The Morgan fingerprint density at radius 3 is 2.39 bits per heavy atom. The number of para-hydroxylation sites is 1. The maximum Gasteiger partial charge on any atom is 0.411 e. The highest BCUT2D eigenvalue weighted by atomic mass is 16.6. The molecule has 6 rings (SSSR count). The summed E-state index contributed by atoms with van der Waals surface area (Å²) < 4.78 is 11.3. The smallest absolute Gasteiger partial charge is 0.411 e. The van der Waals surface area contributed by atoms with Crippen LogP contribution in [-0.4, -0.2) is 97.3 Å². The number of aromatic amines is 1. The van der Waals surface area contributed by atoms with Crippen LogP contribution in [0.25, 0.3) is 22.0 Å². The summed E-state index contributed by atoms with van der Waals surface area (Å²) in [5.74, 6) is 0.688. The van der Waals surface area contributed by atoms with Crippen LogP contribution in [0.1, 0.15) is 43.2 Å². The predicted octanol–water partition coefficient (Wildman–Crippen LogP) is 6.56. The second-order valence-electron chi connectivity index (χ2n) is 14.8. The number of phenols is 1. The van der Waals surface area contributed by atoms with E-state index in [9.17, 15) is 24.3 Å². The van der Waals surface area contributed by atoms with E-state index in [0.717, 1.165) is 46.5 Å². The third-order valence-corrected chi connectivity index (χ3v) is 10.7. The molecule has 0 saturated carbocycles. The standard InChI is InChI=1S/C46H54N6O7/c1-51(44(56)24-30-52-28-22-36(23-29-52)59-46(57)49-39-12-7-6-11-37(39)32-9-4-3-5-10-32)27-8-13-42(54)48-35-15-18-41(58-2)34(31-35)21-26-47-25-20-33-14-17-40(53)45-38(33)16-19-43(55)50-45/h3-7,9-12,14-19,31,36,47,53H,8,13,20-30H2,1-2H3,(H,48,54)(H,49,57)(H,50,55). The van der Waals surface area contributed by atoms with Gasteiger partial charge < -0.3 is 40.0 Å². The molecule has 3 amide bonds. The van der Waals surface area contributed by atoms with Gasteiger partial charge >= 0.3 is 6.09 Å². The minimum atomic E-state index is -0.467. The van der Waals surface area contributed by atoms with Crippen LogP contribution in [0.3, 0.4) is 0 Å². The number of hydrogen-bond donors (Lipinski definition) is 5. The van der Waals surface area contributed by atoms with Crippen LogP contribution in [-0.2, 0) is 27.2 Å². The van der Waals surface area contributed by atoms with E-state index < -0.39 is 6.09 Å². The van der Waals surface area contributed by atoms with Gasteiger partial charge in [0, 0.05) is 68.8 Å². The molecule has 1 saturated heterocycles. The predicted molar refractivity (Wildman–Crippen MR) is 231 cm³/mol. The Kier molecular flexibility index (Phi) is 15.1. The molecular weight excluding hydrogens is 749 g/mol. The fourth-order valence-electron chi connectivity index (χ4n) is 7.41. The first-order chi connectivity index (χ1) is 28.7. The molecule has 4 aromatic carbocycles. The summed E-state index contributed by atoms with van der Waals surface area (Å²) in [6.07, 6.45) is 3.32. The number of likely N-dealkylation sites (tertiary alicyclic amines) is 1. The van der Waals surface area contributed by atoms with Crippen molar-refractivity contribution in [2.24, 2.45) is 0 Å². The molecule has 0 radical (unpaired) electrons. The third kappa shape index (κ3) is 12.2. The third-order valence-electron chi connectivity index (χ3n) is 10.7. The average Bonchev–Trinajstić information content (AvgIpc) is 3.24. The molecular formula is C46H54N6O7. The molecule has 2 heterocycles. The Morgan fingerprint density at radius 2 is 1.61 bits per heavy atom. The molecule has 5 aromatic rings. The lowest BCUT2D eigenvalue weighted by Crippen LogP contribution is -2.40. The first-order valence-corrected chi connectivity index (χ1v) is 20.3. The number of nitrogens with zero attached hydrogens (tertiary/aromatic N) is 2. The first-order valence-electron chi connectivity index (χ1n) is 20.3. The number of aromatic hydroxyl groups is 1. The van der Waals surface area contributed by atoms with E-state index in [2.05, 4.69) is 25.8 Å². The molecule has 13 heteroatoms. The molecule has 1 fully saturated rings. The van der Waals surface area contributed by atoms with Gasteiger partial charge in [-0.15, -0.1) is 0 Å². The molecule has 0 aliphatic carbocycles. The Balaban J connectivity index is 0.852. The summed E-state index contributed by atoms with van der Waals surface area (Å²) in [4.78, 5) is 56.9. The maximum absolute atomic E-state index is 12.9. The fraction of sp³-hybridized carbons (Fsp3) is 0.348. The summed E-state index contributed by atoms with van der Waals surface area (Å²) >= 11 is 0. The minimum absolute atomic E-state index is 0.0291. The van der Waals surface area contributed by atoms with Gasteiger partial charge in [-0.3, -0.25) is 19.7 Å². The van der Waals surface area contributed by atoms with Gasteiger partial charge in [0.15, 0.2) is 0 Å². The van der Waals surface area contributed by atoms with E-state index in [0.29, 0.717) is 81.6 Å². The highest BCUT2D eigenvalue weighted by Crippen LogP contribution is 2.29. The van der Waals surface area contributed by atoms with Gasteiger partial charge in [-0.05, 0) is 98.3 Å². The number of hydrogen-bond acceptors (Lipinski definition) is 9. The van der Waals surface area contributed by atoms with Crippen molar-refractivity contribution in [3.8, 4) is 22.6 Å². The molecule has 1 aliphatic rings. The van der Waals surface area contributed by atoms with E-state index in [1.807, 2.05) is 78.9 Å². The highest BCUT2D eigenvalue weighted by molar-refractivity contribution is 5.92. The SMILES string of the molecule is COc1ccc(NC(=O)CCCN(C)C(=O)CCN2CCC(OC(=O)Nc3ccccc3-c3ccccc3)CC2)cc1CCNCCc1ccc(O)c2[nH]c(=O)ccc12. The topological polar surface area (TPSA) is 165 Å². The number of rotatable bonds is 18. The normalized spacial score (nSPS) is 13.2. The molecule has 13 nitrogen and oxygen atoms in total. The van der Waals surface area contributed by atoms with E-state index in [-0.39, 0.29) is 35.6 Å². The summed E-state index contributed by atoms with van der Waals surface area (Å²) in [5.41, 5.74) is 5.49. The monoisotopic (exact) mass is 802 g/mol. The van der Waals surface area contributed by atoms with Crippen molar-refractivity contribution in [2.45, 2.75) is 51.0 Å². The number of methoxy groups -OCH3 is 1. The van der Waals surface area contributed by atoms with Crippen LogP contribution in [0.5, 0.6) is 11.5 Å². The minimum Gasteiger partial charge on any atom is -0.506 e. The van der Waals surface area contributed by atoms with Crippen LogP contribution in [0, 0.1) is 0 Å². The Hall–Kier alpha value is -6.18. The molecule has 1 aliphatic heterocycles. The van der Waals surface area contributed by atoms with Crippen molar-refractivity contribution in [3.63, 3.8) is 0 Å². The number of piperidine rings is 1. The Bertz CT molecular complexity index is 2250. The number of amides is 3. The lowest BCUT2D eigenvalue weighted by atomic mass is 10.0. The van der Waals surface area contributed by atoms with E-state index >= 15 is 0 Å². The van der Waals surface area contributed by atoms with Crippen LogP contribution in [0.15, 0.2) is 102 Å². The molecule has 0 spiro atoms. The number of anilines is 2. The van der Waals surface area contributed by atoms with Gasteiger partial charge in [-0.2, -0.15) is 0 Å². The highest BCUT2D eigenvalue weighted by Gasteiger charge is 2.24. The number of carbonyl (C=O) groups is 3. The number of carbonyl (C=O) groups excluding carboxylic acids is 3. The van der Waals surface area contributed by atoms with Gasteiger partial charge in [-0.1, -0.05) is 54.6 Å². The van der Waals surface area contributed by atoms with Gasteiger partial charge in [0.25, 0.3) is 0 Å². The largest absolute Gasteiger partial charge is 0.506 e. The number of nitrogens with one attached hydrogen (secondary N) is 4. The number of pyridine rings is 1. The zero-order valence-corrected chi connectivity index (χ0v) is 33.8. The zero-order chi connectivity index (χ0) is 41.6. The van der Waals surface area contributed by atoms with Crippen molar-refractivity contribution in [1.29, 1.82) is 0 Å². The molecule has 59 heavy (non-hydrogen) atoms. The first kappa shape index (κ1) is 42.4. The van der Waals surface area contributed by atoms with Crippen LogP contribution >= 0.6 is 0 Å². The zero-order valence-electron chi connectivity index (χ0n) is 33.8. The molecule has 0 atom stereocenters. The summed E-state index contributed by atoms with van der Waals surface area (Å²) in [6.45, 7) is 3.95. The lowest BCUT2D eigenvalue weighted by Gasteiger charge is -2.31. The number of fused-ring (bicyclic) bond motifs is 1. The molecule has 5 N–H and O–H groups in total.